The van der Waals surface area contributed by atoms with E-state index in [-0.39, 0.29) is 11.9 Å². The molecule has 5 nitrogen and oxygen atoms in total. The Hall–Kier alpha value is -1.69. The van der Waals surface area contributed by atoms with Gasteiger partial charge in [0, 0.05) is 18.0 Å². The maximum atomic E-state index is 12.9. The second-order valence-electron chi connectivity index (χ2n) is 6.03. The lowest BCUT2D eigenvalue weighted by atomic mass is 9.88. The summed E-state index contributed by atoms with van der Waals surface area (Å²) in [6.07, 6.45) is 5.35. The SMILES string of the molecule is CC(C)(C(=O)N1CCCC(n2cncn2)C1)c1cccs1. The van der Waals surface area contributed by atoms with Crippen molar-refractivity contribution in [2.75, 3.05) is 13.1 Å². The first-order chi connectivity index (χ1) is 10.1. The Morgan fingerprint density at radius 1 is 1.48 bits per heavy atom. The Morgan fingerprint density at radius 2 is 2.33 bits per heavy atom. The van der Waals surface area contributed by atoms with Crippen LogP contribution in [-0.4, -0.2) is 38.7 Å². The second kappa shape index (κ2) is 5.60. The van der Waals surface area contributed by atoms with Gasteiger partial charge < -0.3 is 4.90 Å². The number of aromatic nitrogens is 3. The summed E-state index contributed by atoms with van der Waals surface area (Å²) in [6.45, 7) is 5.58. The van der Waals surface area contributed by atoms with Crippen molar-refractivity contribution in [3.05, 3.63) is 35.0 Å². The van der Waals surface area contributed by atoms with Crippen LogP contribution in [0.2, 0.25) is 0 Å². The Kier molecular flexibility index (Phi) is 3.80. The molecule has 1 saturated heterocycles. The summed E-state index contributed by atoms with van der Waals surface area (Å²) >= 11 is 1.65. The lowest BCUT2D eigenvalue weighted by Gasteiger charge is -2.37. The minimum absolute atomic E-state index is 0.203. The van der Waals surface area contributed by atoms with Crippen LogP contribution in [0.25, 0.3) is 0 Å². The van der Waals surface area contributed by atoms with Crippen LogP contribution in [0.1, 0.15) is 37.6 Å². The van der Waals surface area contributed by atoms with Gasteiger partial charge >= 0.3 is 0 Å². The van der Waals surface area contributed by atoms with Crippen LogP contribution in [-0.2, 0) is 10.2 Å². The molecule has 1 amide bonds. The number of piperidine rings is 1. The number of nitrogens with zero attached hydrogens (tertiary/aromatic N) is 4. The van der Waals surface area contributed by atoms with Crippen LogP contribution >= 0.6 is 11.3 Å². The van der Waals surface area contributed by atoms with Gasteiger partial charge in [0.05, 0.1) is 11.5 Å². The van der Waals surface area contributed by atoms with Crippen LogP contribution in [0.5, 0.6) is 0 Å². The molecule has 21 heavy (non-hydrogen) atoms. The van der Waals surface area contributed by atoms with Crippen LogP contribution in [0.4, 0.5) is 0 Å². The van der Waals surface area contributed by atoms with Crippen molar-refractivity contribution in [3.63, 3.8) is 0 Å². The van der Waals surface area contributed by atoms with E-state index < -0.39 is 5.41 Å². The molecule has 0 spiro atoms. The third-order valence-electron chi connectivity index (χ3n) is 4.17. The predicted molar refractivity (Wildman–Crippen MR) is 82.2 cm³/mol. The summed E-state index contributed by atoms with van der Waals surface area (Å²) in [7, 11) is 0. The Labute approximate surface area is 128 Å². The highest BCUT2D eigenvalue weighted by molar-refractivity contribution is 7.10. The summed E-state index contributed by atoms with van der Waals surface area (Å²) in [5.74, 6) is 0.203. The monoisotopic (exact) mass is 304 g/mol. The van der Waals surface area contributed by atoms with Gasteiger partial charge in [-0.15, -0.1) is 11.3 Å². The zero-order valence-electron chi connectivity index (χ0n) is 12.4. The molecule has 1 atom stereocenters. The average Bonchev–Trinajstić information content (AvgIpc) is 3.19. The summed E-state index contributed by atoms with van der Waals surface area (Å²) < 4.78 is 1.87. The summed E-state index contributed by atoms with van der Waals surface area (Å²) in [5.41, 5.74) is -0.460. The molecule has 1 fully saturated rings. The summed E-state index contributed by atoms with van der Waals surface area (Å²) in [4.78, 5) is 20.0. The third-order valence-corrected chi connectivity index (χ3v) is 5.36. The van der Waals surface area contributed by atoms with E-state index in [1.54, 1.807) is 24.0 Å². The zero-order valence-corrected chi connectivity index (χ0v) is 13.2. The first-order valence-electron chi connectivity index (χ1n) is 7.26. The van der Waals surface area contributed by atoms with E-state index in [0.29, 0.717) is 0 Å². The Morgan fingerprint density at radius 3 is 3.00 bits per heavy atom. The topological polar surface area (TPSA) is 51.0 Å². The van der Waals surface area contributed by atoms with Gasteiger partial charge in [-0.05, 0) is 38.1 Å². The third kappa shape index (κ3) is 2.72. The number of rotatable bonds is 3. The lowest BCUT2D eigenvalue weighted by molar-refractivity contribution is -0.137. The number of hydrogen-bond donors (Lipinski definition) is 0. The summed E-state index contributed by atoms with van der Waals surface area (Å²) in [6, 6.07) is 4.29. The highest BCUT2D eigenvalue weighted by Crippen LogP contribution is 2.31. The number of carbonyl (C=O) groups is 1. The Balaban J connectivity index is 1.75. The molecule has 2 aromatic heterocycles. The molecule has 3 heterocycles. The van der Waals surface area contributed by atoms with E-state index in [9.17, 15) is 4.79 Å². The molecule has 0 bridgehead atoms. The van der Waals surface area contributed by atoms with E-state index in [1.807, 2.05) is 40.9 Å². The fourth-order valence-corrected chi connectivity index (χ4v) is 3.74. The quantitative estimate of drug-likeness (QED) is 0.875. The van der Waals surface area contributed by atoms with Gasteiger partial charge in [-0.1, -0.05) is 6.07 Å². The number of amides is 1. The molecule has 1 aliphatic heterocycles. The van der Waals surface area contributed by atoms with E-state index in [1.165, 1.54) is 0 Å². The minimum Gasteiger partial charge on any atom is -0.340 e. The largest absolute Gasteiger partial charge is 0.340 e. The van der Waals surface area contributed by atoms with Gasteiger partial charge in [-0.2, -0.15) is 5.10 Å². The van der Waals surface area contributed by atoms with Gasteiger partial charge in [0.1, 0.15) is 12.7 Å². The van der Waals surface area contributed by atoms with Crippen molar-refractivity contribution in [2.45, 2.75) is 38.1 Å². The zero-order chi connectivity index (χ0) is 14.9. The molecule has 1 unspecified atom stereocenters. The first kappa shape index (κ1) is 14.3. The molecular formula is C15H20N4OS. The van der Waals surface area contributed by atoms with Gasteiger partial charge in [-0.3, -0.25) is 4.79 Å². The second-order valence-corrected chi connectivity index (χ2v) is 6.97. The van der Waals surface area contributed by atoms with Crippen molar-refractivity contribution in [1.82, 2.24) is 19.7 Å². The molecule has 112 valence electrons. The molecule has 0 aliphatic carbocycles. The van der Waals surface area contributed by atoms with Gasteiger partial charge in [0.15, 0.2) is 0 Å². The molecule has 2 aromatic rings. The van der Waals surface area contributed by atoms with Crippen LogP contribution in [0, 0.1) is 0 Å². The van der Waals surface area contributed by atoms with Crippen molar-refractivity contribution in [3.8, 4) is 0 Å². The smallest absolute Gasteiger partial charge is 0.233 e. The lowest BCUT2D eigenvalue weighted by Crippen LogP contribution is -2.48. The van der Waals surface area contributed by atoms with Crippen LogP contribution in [0.3, 0.4) is 0 Å². The van der Waals surface area contributed by atoms with Crippen molar-refractivity contribution < 1.29 is 4.79 Å². The van der Waals surface area contributed by atoms with Crippen LogP contribution in [0.15, 0.2) is 30.2 Å². The predicted octanol–water partition coefficient (Wildman–Crippen LogP) is 2.48. The number of likely N-dealkylation sites (tertiary alicyclic amines) is 1. The normalized spacial score (nSPS) is 19.7. The van der Waals surface area contributed by atoms with E-state index in [4.69, 9.17) is 0 Å². The molecule has 0 saturated carbocycles. The minimum atomic E-state index is -0.460. The summed E-state index contributed by atoms with van der Waals surface area (Å²) in [5, 5.41) is 6.24. The molecule has 0 aromatic carbocycles. The highest BCUT2D eigenvalue weighted by atomic mass is 32.1. The van der Waals surface area contributed by atoms with E-state index in [2.05, 4.69) is 10.1 Å². The maximum absolute atomic E-state index is 12.9. The van der Waals surface area contributed by atoms with Crippen molar-refractivity contribution >= 4 is 17.2 Å². The Bertz CT molecular complexity index is 591. The van der Waals surface area contributed by atoms with E-state index >= 15 is 0 Å². The first-order valence-corrected chi connectivity index (χ1v) is 8.14. The van der Waals surface area contributed by atoms with Gasteiger partial charge in [-0.25, -0.2) is 9.67 Å². The van der Waals surface area contributed by atoms with Crippen molar-refractivity contribution in [1.29, 1.82) is 0 Å². The molecule has 0 radical (unpaired) electrons. The maximum Gasteiger partial charge on any atom is 0.233 e. The average molecular weight is 304 g/mol. The molecule has 0 N–H and O–H groups in total. The molecule has 1 aliphatic rings. The van der Waals surface area contributed by atoms with Crippen molar-refractivity contribution in [2.24, 2.45) is 0 Å². The molecule has 6 heteroatoms. The number of thiophene rings is 1. The highest BCUT2D eigenvalue weighted by Gasteiger charge is 2.36. The van der Waals surface area contributed by atoms with Gasteiger partial charge in [0.2, 0.25) is 5.91 Å². The number of carbonyl (C=O) groups excluding carboxylic acids is 1. The number of hydrogen-bond acceptors (Lipinski definition) is 4. The molecule has 3 rings (SSSR count). The molecular weight excluding hydrogens is 284 g/mol. The van der Waals surface area contributed by atoms with E-state index in [0.717, 1.165) is 30.8 Å². The standard InChI is InChI=1S/C15H20N4OS/c1-15(2,13-6-4-8-21-13)14(20)18-7-3-5-12(9-18)19-11-16-10-17-19/h4,6,8,10-12H,3,5,7,9H2,1-2H3. The fourth-order valence-electron chi connectivity index (χ4n) is 2.90. The van der Waals surface area contributed by atoms with Gasteiger partial charge in [0.25, 0.3) is 0 Å². The fraction of sp³-hybridized carbons (Fsp3) is 0.533. The van der Waals surface area contributed by atoms with Crippen LogP contribution < -0.4 is 0 Å².